The van der Waals surface area contributed by atoms with Gasteiger partial charge in [-0.1, -0.05) is 62.4 Å². The molecule has 5 rings (SSSR count). The number of hydrogen-bond acceptors (Lipinski definition) is 1. The first-order valence-corrected chi connectivity index (χ1v) is 9.46. The third kappa shape index (κ3) is 2.57. The smallest absolute Gasteiger partial charge is 0.146 e. The van der Waals surface area contributed by atoms with E-state index >= 15 is 0 Å². The Morgan fingerprint density at radius 2 is 1.41 bits per heavy atom. The molecule has 0 atom stereocenters. The van der Waals surface area contributed by atoms with E-state index in [9.17, 15) is 4.39 Å². The molecule has 0 unspecified atom stereocenters. The predicted octanol–water partition coefficient (Wildman–Crippen LogP) is 7.02. The van der Waals surface area contributed by atoms with Gasteiger partial charge in [-0.3, -0.25) is 4.40 Å². The Kier molecular flexibility index (Phi) is 4.11. The van der Waals surface area contributed by atoms with E-state index in [2.05, 4.69) is 28.7 Å². The van der Waals surface area contributed by atoms with Crippen molar-refractivity contribution < 1.29 is 4.39 Å². The van der Waals surface area contributed by atoms with E-state index in [0.717, 1.165) is 38.4 Å². The van der Waals surface area contributed by atoms with Crippen LogP contribution in [-0.2, 0) is 5.67 Å². The lowest BCUT2D eigenvalue weighted by Gasteiger charge is -2.19. The maximum absolute atomic E-state index is 15.0. The Morgan fingerprint density at radius 1 is 0.778 bits per heavy atom. The van der Waals surface area contributed by atoms with Gasteiger partial charge in [0.2, 0.25) is 0 Å². The molecule has 0 saturated carbocycles. The Balaban J connectivity index is 0.000000872. The molecule has 136 valence electrons. The van der Waals surface area contributed by atoms with Gasteiger partial charge in [-0.25, -0.2) is 9.37 Å². The number of pyridine rings is 1. The summed E-state index contributed by atoms with van der Waals surface area (Å²) in [5.74, 6) is 0. The van der Waals surface area contributed by atoms with Crippen LogP contribution in [0.15, 0.2) is 66.7 Å². The van der Waals surface area contributed by atoms with E-state index in [0.29, 0.717) is 5.56 Å². The SMILES string of the molecule is CC.CC(C)(F)c1cccc2c3ccccc3n3c4ccccc4nc3c12. The van der Waals surface area contributed by atoms with Crippen molar-refractivity contribution in [3.05, 3.63) is 72.3 Å². The molecule has 0 saturated heterocycles. The molecular weight excluding hydrogens is 335 g/mol. The van der Waals surface area contributed by atoms with Gasteiger partial charge in [0, 0.05) is 16.3 Å². The summed E-state index contributed by atoms with van der Waals surface area (Å²) in [6.07, 6.45) is 0. The molecule has 0 spiro atoms. The number of halogens is 1. The fraction of sp³-hybridized carbons (Fsp3) is 0.208. The molecule has 0 aliphatic heterocycles. The van der Waals surface area contributed by atoms with Gasteiger partial charge in [0.25, 0.3) is 0 Å². The number of rotatable bonds is 1. The minimum absolute atomic E-state index is 0.677. The van der Waals surface area contributed by atoms with Crippen molar-refractivity contribution in [1.29, 1.82) is 0 Å². The highest BCUT2D eigenvalue weighted by atomic mass is 19.1. The van der Waals surface area contributed by atoms with Crippen LogP contribution >= 0.6 is 0 Å². The van der Waals surface area contributed by atoms with Gasteiger partial charge in [-0.15, -0.1) is 0 Å². The summed E-state index contributed by atoms with van der Waals surface area (Å²) < 4.78 is 17.2. The first kappa shape index (κ1) is 17.5. The zero-order chi connectivity index (χ0) is 19.2. The van der Waals surface area contributed by atoms with Gasteiger partial charge >= 0.3 is 0 Å². The van der Waals surface area contributed by atoms with Crippen molar-refractivity contribution >= 4 is 38.4 Å². The Bertz CT molecular complexity index is 1280. The highest BCUT2D eigenvalue weighted by Gasteiger charge is 2.25. The molecule has 3 heteroatoms. The van der Waals surface area contributed by atoms with Crippen molar-refractivity contribution in [3.8, 4) is 0 Å². The number of fused-ring (bicyclic) bond motifs is 8. The van der Waals surface area contributed by atoms with Crippen LogP contribution in [0.2, 0.25) is 0 Å². The summed E-state index contributed by atoms with van der Waals surface area (Å²) >= 11 is 0. The number of imidazole rings is 1. The van der Waals surface area contributed by atoms with E-state index in [1.165, 1.54) is 0 Å². The summed E-state index contributed by atoms with van der Waals surface area (Å²) in [5.41, 5.74) is 3.11. The summed E-state index contributed by atoms with van der Waals surface area (Å²) in [6.45, 7) is 7.21. The molecular formula is C24H23FN2. The van der Waals surface area contributed by atoms with Gasteiger partial charge in [-0.2, -0.15) is 0 Å². The Labute approximate surface area is 158 Å². The van der Waals surface area contributed by atoms with E-state index < -0.39 is 5.67 Å². The first-order valence-electron chi connectivity index (χ1n) is 9.46. The van der Waals surface area contributed by atoms with Crippen LogP contribution in [0.3, 0.4) is 0 Å². The van der Waals surface area contributed by atoms with Crippen molar-refractivity contribution in [2.24, 2.45) is 0 Å². The maximum atomic E-state index is 15.0. The van der Waals surface area contributed by atoms with E-state index in [-0.39, 0.29) is 0 Å². The van der Waals surface area contributed by atoms with Crippen LogP contribution in [0, 0.1) is 0 Å². The number of alkyl halides is 1. The van der Waals surface area contributed by atoms with Gasteiger partial charge in [0.15, 0.2) is 0 Å². The lowest BCUT2D eigenvalue weighted by Crippen LogP contribution is -2.10. The summed E-state index contributed by atoms with van der Waals surface area (Å²) in [5, 5.41) is 3.05. The maximum Gasteiger partial charge on any atom is 0.146 e. The van der Waals surface area contributed by atoms with Crippen molar-refractivity contribution in [3.63, 3.8) is 0 Å². The molecule has 0 radical (unpaired) electrons. The standard InChI is InChI=1S/C22H17FN2.C2H6/c1-22(2,23)16-10-7-9-15-14-8-3-5-12-18(14)25-19-13-6-4-11-17(19)24-21(25)20(15)16;1-2/h3-13H,1-2H3;1-2H3. The Hall–Kier alpha value is -2.94. The molecule has 0 N–H and O–H groups in total. The third-order valence-corrected chi connectivity index (χ3v) is 4.92. The molecule has 0 aliphatic carbocycles. The second kappa shape index (κ2) is 6.34. The molecule has 2 aromatic heterocycles. The lowest BCUT2D eigenvalue weighted by molar-refractivity contribution is 0.224. The molecule has 2 nitrogen and oxygen atoms in total. The minimum atomic E-state index is -1.44. The van der Waals surface area contributed by atoms with Crippen LogP contribution in [0.25, 0.3) is 38.4 Å². The van der Waals surface area contributed by atoms with Gasteiger partial charge in [0.1, 0.15) is 11.3 Å². The normalized spacial score (nSPS) is 11.9. The lowest BCUT2D eigenvalue weighted by atomic mass is 9.93. The topological polar surface area (TPSA) is 17.3 Å². The predicted molar refractivity (Wildman–Crippen MR) is 113 cm³/mol. The molecule has 3 aromatic carbocycles. The zero-order valence-corrected chi connectivity index (χ0v) is 16.1. The molecule has 2 heterocycles. The van der Waals surface area contributed by atoms with E-state index in [4.69, 9.17) is 4.98 Å². The van der Waals surface area contributed by atoms with Gasteiger partial charge in [-0.05, 0) is 37.4 Å². The average molecular weight is 358 g/mol. The summed E-state index contributed by atoms with van der Waals surface area (Å²) in [6, 6.07) is 22.2. The fourth-order valence-electron chi connectivity index (χ4n) is 3.85. The first-order chi connectivity index (χ1) is 13.1. The van der Waals surface area contributed by atoms with Crippen LogP contribution < -0.4 is 0 Å². The van der Waals surface area contributed by atoms with Crippen LogP contribution in [0.1, 0.15) is 33.3 Å². The van der Waals surface area contributed by atoms with Crippen LogP contribution in [-0.4, -0.2) is 9.38 Å². The number of para-hydroxylation sites is 3. The van der Waals surface area contributed by atoms with Crippen LogP contribution in [0.4, 0.5) is 4.39 Å². The van der Waals surface area contributed by atoms with E-state index in [1.807, 2.05) is 56.3 Å². The minimum Gasteiger partial charge on any atom is -0.292 e. The molecule has 0 aliphatic rings. The second-order valence-electron chi connectivity index (χ2n) is 6.98. The van der Waals surface area contributed by atoms with Gasteiger partial charge in [0.05, 0.1) is 16.6 Å². The number of nitrogens with zero attached hydrogens (tertiary/aromatic N) is 2. The number of benzene rings is 3. The molecule has 0 bridgehead atoms. The van der Waals surface area contributed by atoms with Crippen molar-refractivity contribution in [2.45, 2.75) is 33.4 Å². The third-order valence-electron chi connectivity index (χ3n) is 4.92. The van der Waals surface area contributed by atoms with E-state index in [1.54, 1.807) is 13.8 Å². The summed E-state index contributed by atoms with van der Waals surface area (Å²) in [7, 11) is 0. The highest BCUT2D eigenvalue weighted by Crippen LogP contribution is 2.38. The van der Waals surface area contributed by atoms with Gasteiger partial charge < -0.3 is 0 Å². The molecule has 5 aromatic rings. The summed E-state index contributed by atoms with van der Waals surface area (Å²) in [4.78, 5) is 4.86. The molecule has 27 heavy (non-hydrogen) atoms. The fourth-order valence-corrected chi connectivity index (χ4v) is 3.85. The van der Waals surface area contributed by atoms with Crippen LogP contribution in [0.5, 0.6) is 0 Å². The monoisotopic (exact) mass is 358 g/mol. The molecule has 0 fully saturated rings. The zero-order valence-electron chi connectivity index (χ0n) is 16.1. The number of aromatic nitrogens is 2. The molecule has 0 amide bonds. The number of hydrogen-bond donors (Lipinski definition) is 0. The van der Waals surface area contributed by atoms with Crippen molar-refractivity contribution in [2.75, 3.05) is 0 Å². The van der Waals surface area contributed by atoms with Crippen molar-refractivity contribution in [1.82, 2.24) is 9.38 Å². The quantitative estimate of drug-likeness (QED) is 0.294. The average Bonchev–Trinajstić information content (AvgIpc) is 3.08. The second-order valence-corrected chi connectivity index (χ2v) is 6.98. The Morgan fingerprint density at radius 3 is 2.15 bits per heavy atom. The highest BCUT2D eigenvalue weighted by molar-refractivity contribution is 6.15. The largest absolute Gasteiger partial charge is 0.292 e.